The maximum Gasteiger partial charge on any atom is 0.416 e. The summed E-state index contributed by atoms with van der Waals surface area (Å²) in [7, 11) is 3.81. The molecule has 2 aliphatic rings. The Kier molecular flexibility index (Phi) is 7.00. The number of benzene rings is 2. The number of nitrogens with zero attached hydrogens (tertiary/aromatic N) is 4. The molecule has 1 saturated heterocycles. The SMILES string of the molecule is CN1CCC(N(C)C2=NC(=O)C(=C(Cc3ccc(C(F)(F)F)cc3C(F)(F)F)c3ccc4[nH]ncc4c3)S2)C1. The first kappa shape index (κ1) is 27.3. The molecule has 1 fully saturated rings. The molecule has 6 nitrogen and oxygen atoms in total. The number of nitrogens with one attached hydrogen (secondary N) is 1. The van der Waals surface area contributed by atoms with Gasteiger partial charge in [-0.05, 0) is 79.2 Å². The van der Waals surface area contributed by atoms with E-state index < -0.39 is 35.8 Å². The van der Waals surface area contributed by atoms with Gasteiger partial charge in [0, 0.05) is 25.0 Å². The molecular weight excluding hydrogens is 544 g/mol. The molecule has 2 aliphatic heterocycles. The second-order valence-electron chi connectivity index (χ2n) is 9.64. The van der Waals surface area contributed by atoms with Gasteiger partial charge in [0.25, 0.3) is 5.91 Å². The number of hydrogen-bond donors (Lipinski definition) is 1. The number of hydrogen-bond acceptors (Lipinski definition) is 5. The van der Waals surface area contributed by atoms with E-state index in [-0.39, 0.29) is 28.1 Å². The van der Waals surface area contributed by atoms with Crippen LogP contribution >= 0.6 is 11.8 Å². The maximum atomic E-state index is 14.0. The molecule has 206 valence electrons. The number of alkyl halides is 6. The van der Waals surface area contributed by atoms with Crippen LogP contribution in [-0.4, -0.2) is 64.3 Å². The van der Waals surface area contributed by atoms with Crippen molar-refractivity contribution in [2.75, 3.05) is 27.2 Å². The first-order chi connectivity index (χ1) is 18.3. The number of likely N-dealkylation sites (tertiary alicyclic amines) is 1. The van der Waals surface area contributed by atoms with Crippen LogP contribution in [0.4, 0.5) is 26.3 Å². The van der Waals surface area contributed by atoms with Gasteiger partial charge in [-0.1, -0.05) is 12.1 Å². The van der Waals surface area contributed by atoms with E-state index in [1.807, 2.05) is 19.0 Å². The number of likely N-dealkylation sites (N-methyl/N-ethyl adjacent to an activating group) is 2. The lowest BCUT2D eigenvalue weighted by Crippen LogP contribution is -2.36. The molecule has 3 aromatic rings. The van der Waals surface area contributed by atoms with Gasteiger partial charge in [0.2, 0.25) is 0 Å². The normalized spacial score (nSPS) is 20.2. The van der Waals surface area contributed by atoms with Crippen LogP contribution in [0.25, 0.3) is 16.5 Å². The summed E-state index contributed by atoms with van der Waals surface area (Å²) < 4.78 is 81.6. The minimum atomic E-state index is -5.04. The number of H-pyrrole nitrogens is 1. The zero-order valence-electron chi connectivity index (χ0n) is 20.8. The topological polar surface area (TPSA) is 64.6 Å². The van der Waals surface area contributed by atoms with Crippen LogP contribution in [0.5, 0.6) is 0 Å². The van der Waals surface area contributed by atoms with E-state index in [2.05, 4.69) is 20.1 Å². The highest BCUT2D eigenvalue weighted by Crippen LogP contribution is 2.42. The smallest absolute Gasteiger partial charge is 0.350 e. The summed E-state index contributed by atoms with van der Waals surface area (Å²) in [5.41, 5.74) is -1.80. The highest BCUT2D eigenvalue weighted by atomic mass is 32.2. The largest absolute Gasteiger partial charge is 0.416 e. The number of rotatable bonds is 4. The minimum absolute atomic E-state index is 0.117. The number of halogens is 6. The molecule has 0 radical (unpaired) electrons. The van der Waals surface area contributed by atoms with Crippen molar-refractivity contribution >= 4 is 39.3 Å². The first-order valence-electron chi connectivity index (χ1n) is 12.0. The Hall–Kier alpha value is -3.32. The van der Waals surface area contributed by atoms with Gasteiger partial charge < -0.3 is 9.80 Å². The predicted molar refractivity (Wildman–Crippen MR) is 137 cm³/mol. The maximum absolute atomic E-state index is 14.0. The zero-order valence-corrected chi connectivity index (χ0v) is 21.6. The van der Waals surface area contributed by atoms with Crippen LogP contribution < -0.4 is 0 Å². The standard InChI is InChI=1S/C26H23F6N5OS/c1-36-8-7-18(13-36)37(2)24-34-23(38)22(39-24)19(14-4-6-21-16(9-14)12-33-35-21)10-15-3-5-17(25(27,28)29)11-20(15)26(30,31)32/h3-6,9,11-12,18H,7-8,10,13H2,1-2H3,(H,33,35). The summed E-state index contributed by atoms with van der Waals surface area (Å²) in [6.45, 7) is 1.65. The van der Waals surface area contributed by atoms with E-state index in [1.165, 1.54) is 6.20 Å². The van der Waals surface area contributed by atoms with Crippen molar-refractivity contribution in [1.82, 2.24) is 20.0 Å². The van der Waals surface area contributed by atoms with E-state index in [0.717, 1.165) is 37.3 Å². The first-order valence-corrected chi connectivity index (χ1v) is 12.8. The van der Waals surface area contributed by atoms with Gasteiger partial charge in [0.05, 0.1) is 27.7 Å². The number of aliphatic imine (C=N–C) groups is 1. The van der Waals surface area contributed by atoms with Crippen LogP contribution in [0.3, 0.4) is 0 Å². The van der Waals surface area contributed by atoms with Gasteiger partial charge in [-0.3, -0.25) is 9.89 Å². The zero-order chi connectivity index (χ0) is 28.1. The monoisotopic (exact) mass is 567 g/mol. The number of carbonyl (C=O) groups excluding carboxylic acids is 1. The summed E-state index contributed by atoms with van der Waals surface area (Å²) in [6.07, 6.45) is -8.00. The van der Waals surface area contributed by atoms with E-state index in [4.69, 9.17) is 0 Å². The number of fused-ring (bicyclic) bond motifs is 1. The number of allylic oxidation sites excluding steroid dienone is 1. The summed E-state index contributed by atoms with van der Waals surface area (Å²) in [6, 6.07) is 6.69. The molecule has 0 spiro atoms. The molecule has 1 unspecified atom stereocenters. The second kappa shape index (κ2) is 10.0. The fourth-order valence-corrected chi connectivity index (χ4v) is 5.88. The van der Waals surface area contributed by atoms with Crippen LogP contribution in [0.1, 0.15) is 28.7 Å². The van der Waals surface area contributed by atoms with Gasteiger partial charge in [-0.25, -0.2) is 0 Å². The number of amides is 1. The third-order valence-corrected chi connectivity index (χ3v) is 8.16. The second-order valence-corrected chi connectivity index (χ2v) is 10.6. The lowest BCUT2D eigenvalue weighted by Gasteiger charge is -2.25. The van der Waals surface area contributed by atoms with Crippen LogP contribution in [0.15, 0.2) is 52.5 Å². The highest BCUT2D eigenvalue weighted by Gasteiger charge is 2.39. The number of thioether (sulfide) groups is 1. The lowest BCUT2D eigenvalue weighted by atomic mass is 9.92. The molecule has 3 heterocycles. The Labute approximate surface area is 223 Å². The minimum Gasteiger partial charge on any atom is -0.350 e. The molecule has 2 aromatic carbocycles. The van der Waals surface area contributed by atoms with Crippen LogP contribution in [0.2, 0.25) is 0 Å². The number of amidine groups is 1. The van der Waals surface area contributed by atoms with Crippen molar-refractivity contribution in [3.05, 3.63) is 69.8 Å². The van der Waals surface area contributed by atoms with Crippen molar-refractivity contribution in [2.24, 2.45) is 4.99 Å². The molecule has 5 rings (SSSR count). The number of aromatic nitrogens is 2. The van der Waals surface area contributed by atoms with Gasteiger partial charge in [-0.2, -0.15) is 36.4 Å². The number of aromatic amines is 1. The summed E-state index contributed by atoms with van der Waals surface area (Å²) in [5, 5.41) is 7.85. The molecule has 1 atom stereocenters. The van der Waals surface area contributed by atoms with Crippen molar-refractivity contribution < 1.29 is 31.1 Å². The lowest BCUT2D eigenvalue weighted by molar-refractivity contribution is -0.143. The van der Waals surface area contributed by atoms with Crippen molar-refractivity contribution in [2.45, 2.75) is 31.2 Å². The molecule has 1 N–H and O–H groups in total. The van der Waals surface area contributed by atoms with Crippen LogP contribution in [-0.2, 0) is 23.6 Å². The van der Waals surface area contributed by atoms with Crippen molar-refractivity contribution in [1.29, 1.82) is 0 Å². The molecule has 1 amide bonds. The highest BCUT2D eigenvalue weighted by molar-refractivity contribution is 8.18. The van der Waals surface area contributed by atoms with Crippen LogP contribution in [0, 0.1) is 0 Å². The molecular formula is C26H23F6N5OS. The molecule has 39 heavy (non-hydrogen) atoms. The quantitative estimate of drug-likeness (QED) is 0.318. The van der Waals surface area contributed by atoms with E-state index >= 15 is 0 Å². The summed E-state index contributed by atoms with van der Waals surface area (Å²) in [5.74, 6) is -0.601. The Bertz CT molecular complexity index is 1490. The van der Waals surface area contributed by atoms with Gasteiger partial charge in [-0.15, -0.1) is 0 Å². The third-order valence-electron chi connectivity index (χ3n) is 6.97. The number of carbonyl (C=O) groups is 1. The van der Waals surface area contributed by atoms with Gasteiger partial charge >= 0.3 is 12.4 Å². The van der Waals surface area contributed by atoms with Gasteiger partial charge in [0.15, 0.2) is 5.17 Å². The Morgan fingerprint density at radius 3 is 2.56 bits per heavy atom. The fourth-order valence-electron chi connectivity index (χ4n) is 4.83. The van der Waals surface area contributed by atoms with Crippen molar-refractivity contribution in [3.63, 3.8) is 0 Å². The van der Waals surface area contributed by atoms with Gasteiger partial charge in [0.1, 0.15) is 0 Å². The Balaban J connectivity index is 1.59. The summed E-state index contributed by atoms with van der Waals surface area (Å²) in [4.78, 5) is 21.5. The molecule has 0 bridgehead atoms. The average molecular weight is 568 g/mol. The summed E-state index contributed by atoms with van der Waals surface area (Å²) >= 11 is 1.07. The third kappa shape index (κ3) is 5.55. The van der Waals surface area contributed by atoms with E-state index in [9.17, 15) is 31.1 Å². The molecule has 13 heteroatoms. The molecule has 0 saturated carbocycles. The Morgan fingerprint density at radius 2 is 1.90 bits per heavy atom. The molecule has 1 aromatic heterocycles. The Morgan fingerprint density at radius 1 is 1.13 bits per heavy atom. The fraction of sp³-hybridized carbons (Fsp3) is 0.346. The van der Waals surface area contributed by atoms with E-state index in [1.54, 1.807) is 18.2 Å². The average Bonchev–Trinajstić information content (AvgIpc) is 3.60. The molecule has 0 aliphatic carbocycles. The van der Waals surface area contributed by atoms with E-state index in [0.29, 0.717) is 27.7 Å². The van der Waals surface area contributed by atoms with Crippen molar-refractivity contribution in [3.8, 4) is 0 Å². The predicted octanol–water partition coefficient (Wildman–Crippen LogP) is 5.82.